The number of hydrogen-bond acceptors (Lipinski definition) is 2. The summed E-state index contributed by atoms with van der Waals surface area (Å²) < 4.78 is 28.9. The quantitative estimate of drug-likeness (QED) is 0.470. The van der Waals surface area contributed by atoms with Gasteiger partial charge in [-0.25, -0.2) is 8.42 Å². The molecule has 0 aliphatic heterocycles. The fourth-order valence-electron chi connectivity index (χ4n) is 2.44. The molecule has 3 aromatic carbocycles. The molecule has 0 fully saturated rings. The number of hydrogen-bond donors (Lipinski definition) is 1. The first-order chi connectivity index (χ1) is 12.3. The van der Waals surface area contributed by atoms with Gasteiger partial charge in [-0.3, -0.25) is 4.72 Å². The van der Waals surface area contributed by atoms with Gasteiger partial charge in [-0.15, -0.1) is 0 Å². The van der Waals surface area contributed by atoms with Crippen LogP contribution in [0.15, 0.2) is 70.0 Å². The van der Waals surface area contributed by atoms with Crippen molar-refractivity contribution in [3.05, 3.63) is 80.7 Å². The van der Waals surface area contributed by atoms with Crippen molar-refractivity contribution in [2.24, 2.45) is 0 Å². The summed E-state index contributed by atoms with van der Waals surface area (Å²) in [7, 11) is -3.73. The summed E-state index contributed by atoms with van der Waals surface area (Å²) in [6, 6.07) is 17.2. The molecular formula is C19H14BrCl2NO2S. The first-order valence-electron chi connectivity index (χ1n) is 7.61. The molecule has 0 heterocycles. The second-order valence-electron chi connectivity index (χ2n) is 5.74. The smallest absolute Gasteiger partial charge is 0.261 e. The second-order valence-corrected chi connectivity index (χ2v) is 9.15. The Kier molecular flexibility index (Phi) is 5.63. The van der Waals surface area contributed by atoms with E-state index in [1.54, 1.807) is 48.5 Å². The molecule has 0 saturated heterocycles. The van der Waals surface area contributed by atoms with Gasteiger partial charge in [0.1, 0.15) is 0 Å². The normalized spacial score (nSPS) is 11.4. The van der Waals surface area contributed by atoms with E-state index in [0.717, 1.165) is 15.6 Å². The molecule has 134 valence electrons. The van der Waals surface area contributed by atoms with Gasteiger partial charge in [-0.1, -0.05) is 69.0 Å². The summed E-state index contributed by atoms with van der Waals surface area (Å²) in [6.45, 7) is 1.90. The summed E-state index contributed by atoms with van der Waals surface area (Å²) in [5, 5.41) is 0.841. The van der Waals surface area contributed by atoms with Crippen LogP contribution in [0.4, 0.5) is 5.69 Å². The van der Waals surface area contributed by atoms with Crippen LogP contribution in [0.1, 0.15) is 5.56 Å². The molecule has 3 rings (SSSR count). The number of aryl methyl sites for hydroxylation is 1. The average Bonchev–Trinajstić information content (AvgIpc) is 2.58. The van der Waals surface area contributed by atoms with Crippen molar-refractivity contribution in [3.63, 3.8) is 0 Å². The number of anilines is 1. The third-order valence-corrected chi connectivity index (χ3v) is 6.40. The SMILES string of the molecule is Cc1ccc(S(=O)(=O)Nc2cc(Br)ccc2-c2ccc(Cl)c(Cl)c2)cc1. The average molecular weight is 471 g/mol. The van der Waals surface area contributed by atoms with Crippen LogP contribution in [-0.4, -0.2) is 8.42 Å². The first kappa shape index (κ1) is 19.2. The lowest BCUT2D eigenvalue weighted by atomic mass is 10.0. The van der Waals surface area contributed by atoms with E-state index in [-0.39, 0.29) is 4.90 Å². The molecule has 0 atom stereocenters. The molecule has 7 heteroatoms. The number of benzene rings is 3. The number of halogens is 3. The van der Waals surface area contributed by atoms with Gasteiger partial charge in [-0.2, -0.15) is 0 Å². The Morgan fingerprint density at radius 2 is 1.58 bits per heavy atom. The standard InChI is InChI=1S/C19H14BrCl2NO2S/c1-12-2-6-15(7-3-12)26(24,25)23-19-11-14(20)5-8-16(19)13-4-9-17(21)18(22)10-13/h2-11,23H,1H3. The molecule has 0 amide bonds. The minimum Gasteiger partial charge on any atom is -0.279 e. The molecule has 0 aliphatic carbocycles. The van der Waals surface area contributed by atoms with Crippen molar-refractivity contribution in [1.82, 2.24) is 0 Å². The van der Waals surface area contributed by atoms with E-state index in [0.29, 0.717) is 21.3 Å². The topological polar surface area (TPSA) is 46.2 Å². The summed E-state index contributed by atoms with van der Waals surface area (Å²) in [5.74, 6) is 0. The maximum Gasteiger partial charge on any atom is 0.261 e. The fourth-order valence-corrected chi connectivity index (χ4v) is 4.17. The molecule has 26 heavy (non-hydrogen) atoms. The van der Waals surface area contributed by atoms with Gasteiger partial charge in [0, 0.05) is 10.0 Å². The summed E-state index contributed by atoms with van der Waals surface area (Å²) in [5.41, 5.74) is 2.89. The van der Waals surface area contributed by atoms with E-state index in [1.165, 1.54) is 0 Å². The molecule has 0 radical (unpaired) electrons. The Hall–Kier alpha value is -1.53. The predicted octanol–water partition coefficient (Wildman–Crippen LogP) is 6.53. The minimum atomic E-state index is -3.73. The Bertz CT molecular complexity index is 1070. The van der Waals surface area contributed by atoms with Crippen molar-refractivity contribution in [2.75, 3.05) is 4.72 Å². The van der Waals surface area contributed by atoms with Crippen LogP contribution in [0.3, 0.4) is 0 Å². The Morgan fingerprint density at radius 1 is 0.885 bits per heavy atom. The van der Waals surface area contributed by atoms with Crippen molar-refractivity contribution < 1.29 is 8.42 Å². The molecular weight excluding hydrogens is 457 g/mol. The molecule has 1 N–H and O–H groups in total. The minimum absolute atomic E-state index is 0.197. The molecule has 3 aromatic rings. The predicted molar refractivity (Wildman–Crippen MR) is 112 cm³/mol. The molecule has 0 aromatic heterocycles. The lowest BCUT2D eigenvalue weighted by molar-refractivity contribution is 0.601. The fraction of sp³-hybridized carbons (Fsp3) is 0.0526. The van der Waals surface area contributed by atoms with E-state index in [1.807, 2.05) is 19.1 Å². The summed E-state index contributed by atoms with van der Waals surface area (Å²) in [6.07, 6.45) is 0. The number of rotatable bonds is 4. The highest BCUT2D eigenvalue weighted by Crippen LogP contribution is 2.35. The maximum absolute atomic E-state index is 12.8. The summed E-state index contributed by atoms with van der Waals surface area (Å²) in [4.78, 5) is 0.197. The number of sulfonamides is 1. The highest BCUT2D eigenvalue weighted by atomic mass is 79.9. The van der Waals surface area contributed by atoms with Crippen molar-refractivity contribution in [3.8, 4) is 11.1 Å². The van der Waals surface area contributed by atoms with Crippen LogP contribution >= 0.6 is 39.1 Å². The molecule has 0 saturated carbocycles. The zero-order valence-electron chi connectivity index (χ0n) is 13.6. The monoisotopic (exact) mass is 469 g/mol. The maximum atomic E-state index is 12.8. The molecule has 0 bridgehead atoms. The molecule has 0 spiro atoms. The third-order valence-electron chi connectivity index (χ3n) is 3.79. The van der Waals surface area contributed by atoms with Gasteiger partial charge >= 0.3 is 0 Å². The molecule has 0 aliphatic rings. The van der Waals surface area contributed by atoms with Crippen molar-refractivity contribution in [1.29, 1.82) is 0 Å². The van der Waals surface area contributed by atoms with Crippen LogP contribution < -0.4 is 4.72 Å². The van der Waals surface area contributed by atoms with Crippen molar-refractivity contribution in [2.45, 2.75) is 11.8 Å². The van der Waals surface area contributed by atoms with Gasteiger partial charge in [-0.05, 0) is 48.9 Å². The second kappa shape index (κ2) is 7.61. The van der Waals surface area contributed by atoms with Gasteiger partial charge < -0.3 is 0 Å². The van der Waals surface area contributed by atoms with Gasteiger partial charge in [0.15, 0.2) is 0 Å². The van der Waals surface area contributed by atoms with E-state index >= 15 is 0 Å². The summed E-state index contributed by atoms with van der Waals surface area (Å²) >= 11 is 15.5. The molecule has 0 unspecified atom stereocenters. The zero-order chi connectivity index (χ0) is 18.9. The van der Waals surface area contributed by atoms with Crippen molar-refractivity contribution >= 4 is 54.8 Å². The third kappa shape index (κ3) is 4.23. The largest absolute Gasteiger partial charge is 0.279 e. The van der Waals surface area contributed by atoms with Crippen LogP contribution in [0.25, 0.3) is 11.1 Å². The van der Waals surface area contributed by atoms with E-state index < -0.39 is 10.0 Å². The zero-order valence-corrected chi connectivity index (χ0v) is 17.5. The lowest BCUT2D eigenvalue weighted by Gasteiger charge is -2.14. The van der Waals surface area contributed by atoms with Gasteiger partial charge in [0.05, 0.1) is 20.6 Å². The van der Waals surface area contributed by atoms with Gasteiger partial charge in [0.2, 0.25) is 0 Å². The van der Waals surface area contributed by atoms with Crippen LogP contribution in [0, 0.1) is 6.92 Å². The van der Waals surface area contributed by atoms with Gasteiger partial charge in [0.25, 0.3) is 10.0 Å². The lowest BCUT2D eigenvalue weighted by Crippen LogP contribution is -2.13. The Morgan fingerprint density at radius 3 is 2.23 bits per heavy atom. The first-order valence-corrected chi connectivity index (χ1v) is 10.6. The Labute approximate surface area is 171 Å². The molecule has 3 nitrogen and oxygen atoms in total. The van der Waals surface area contributed by atoms with E-state index in [2.05, 4.69) is 20.7 Å². The van der Waals surface area contributed by atoms with E-state index in [9.17, 15) is 8.42 Å². The van der Waals surface area contributed by atoms with Crippen LogP contribution in [0.2, 0.25) is 10.0 Å². The van der Waals surface area contributed by atoms with Crippen LogP contribution in [-0.2, 0) is 10.0 Å². The number of nitrogens with one attached hydrogen (secondary N) is 1. The highest BCUT2D eigenvalue weighted by molar-refractivity contribution is 9.10. The Balaban J connectivity index is 2.06. The van der Waals surface area contributed by atoms with Crippen LogP contribution in [0.5, 0.6) is 0 Å². The highest BCUT2D eigenvalue weighted by Gasteiger charge is 2.17. The van der Waals surface area contributed by atoms with E-state index in [4.69, 9.17) is 23.2 Å².